The number of phenolic OH excluding ortho intramolecular Hbond substituents is 1. The lowest BCUT2D eigenvalue weighted by molar-refractivity contribution is -0.171. The number of benzene rings is 1. The molecular weight excluding hydrogens is 524 g/mol. The number of ether oxygens (including phenoxy) is 3. The summed E-state index contributed by atoms with van der Waals surface area (Å²) in [7, 11) is 0. The number of aliphatic carboxylic acids is 1. The van der Waals surface area contributed by atoms with Crippen molar-refractivity contribution < 1.29 is 38.8 Å². The zero-order valence-corrected chi connectivity index (χ0v) is 24.5. The summed E-state index contributed by atoms with van der Waals surface area (Å²) in [5, 5.41) is 21.1. The molecule has 7 rings (SSSR count). The molecule has 2 fully saturated rings. The molecule has 216 valence electrons. The number of Topliss-reactive ketones (excluding diaryl/α,β-unsaturated/α-hetero) is 2. The largest absolute Gasteiger partial charge is 0.506 e. The molecule has 3 heterocycles. The fourth-order valence-corrected chi connectivity index (χ4v) is 7.44. The van der Waals surface area contributed by atoms with Gasteiger partial charge < -0.3 is 24.4 Å². The average Bonchev–Trinajstić information content (AvgIpc) is 3.03. The standard InChI is InChI=1S/C33H36O8/c1-16(2)8-9-20-26-19(11-12-30(4,5)39-26)24(34)23-25(35)21-14-18-15-22-31(6,7)41-32(28(18)36,13-10-17(3)29(37)38)33(21,22)40-27(20)23/h8,10-12,14,18,22,34H,9,13,15H2,1-7H3,(H,37,38)/t18-,22+,32+,33-/m0/s1. The van der Waals surface area contributed by atoms with Gasteiger partial charge in [0.05, 0.1) is 11.2 Å². The molecule has 2 N–H and O–H groups in total. The maximum absolute atomic E-state index is 14.5. The highest BCUT2D eigenvalue weighted by Gasteiger charge is 2.81. The second kappa shape index (κ2) is 8.44. The van der Waals surface area contributed by atoms with Crippen molar-refractivity contribution in [2.45, 2.75) is 90.1 Å². The minimum atomic E-state index is -1.61. The van der Waals surface area contributed by atoms with Crippen LogP contribution in [0, 0.1) is 11.8 Å². The summed E-state index contributed by atoms with van der Waals surface area (Å²) in [6.45, 7) is 13.0. The predicted molar refractivity (Wildman–Crippen MR) is 151 cm³/mol. The highest BCUT2D eigenvalue weighted by atomic mass is 16.6. The van der Waals surface area contributed by atoms with Crippen LogP contribution in [0.15, 0.2) is 41.0 Å². The van der Waals surface area contributed by atoms with Gasteiger partial charge in [0.2, 0.25) is 0 Å². The summed E-state index contributed by atoms with van der Waals surface area (Å²) < 4.78 is 20.1. The molecule has 1 saturated heterocycles. The highest BCUT2D eigenvalue weighted by Crippen LogP contribution is 2.68. The Morgan fingerprint density at radius 3 is 2.44 bits per heavy atom. The van der Waals surface area contributed by atoms with E-state index < -0.39 is 40.1 Å². The maximum Gasteiger partial charge on any atom is 0.330 e. The van der Waals surface area contributed by atoms with Gasteiger partial charge in [0.25, 0.3) is 0 Å². The van der Waals surface area contributed by atoms with E-state index in [-0.39, 0.29) is 40.8 Å². The SMILES string of the molecule is CC(C)=CCc1c2c(c(O)c3c1O[C@@]14C(=C[C@H]5C[C@@H]1C(C)(C)O[C@]4(CC=C(C)C(=O)O)C5=O)C3=O)C=CC(C)(C)O2. The lowest BCUT2D eigenvalue weighted by Crippen LogP contribution is -2.72. The molecule has 4 bridgehead atoms. The molecule has 3 aliphatic carbocycles. The quantitative estimate of drug-likeness (QED) is 0.357. The van der Waals surface area contributed by atoms with Crippen molar-refractivity contribution in [1.82, 2.24) is 0 Å². The van der Waals surface area contributed by atoms with E-state index >= 15 is 0 Å². The fourth-order valence-electron chi connectivity index (χ4n) is 7.44. The second-order valence-electron chi connectivity index (χ2n) is 13.2. The van der Waals surface area contributed by atoms with Crippen molar-refractivity contribution >= 4 is 23.6 Å². The smallest absolute Gasteiger partial charge is 0.330 e. The molecule has 6 aliphatic rings. The fraction of sp³-hybridized carbons (Fsp3) is 0.485. The van der Waals surface area contributed by atoms with Crippen LogP contribution in [0.5, 0.6) is 17.2 Å². The van der Waals surface area contributed by atoms with Crippen LogP contribution in [-0.4, -0.2) is 50.2 Å². The van der Waals surface area contributed by atoms with Crippen LogP contribution in [0.2, 0.25) is 0 Å². The molecule has 8 heteroatoms. The van der Waals surface area contributed by atoms with Gasteiger partial charge in [-0.25, -0.2) is 4.79 Å². The molecule has 3 aliphatic heterocycles. The first kappa shape index (κ1) is 27.5. The van der Waals surface area contributed by atoms with E-state index in [4.69, 9.17) is 14.2 Å². The summed E-state index contributed by atoms with van der Waals surface area (Å²) in [5.41, 5.74) is -2.14. The number of fused-ring (bicyclic) bond motifs is 2. The molecule has 1 aromatic carbocycles. The molecule has 8 nitrogen and oxygen atoms in total. The van der Waals surface area contributed by atoms with E-state index in [1.807, 2.05) is 53.7 Å². The topological polar surface area (TPSA) is 119 Å². The molecule has 1 spiro atoms. The summed E-state index contributed by atoms with van der Waals surface area (Å²) in [6.07, 6.45) is 9.54. The average molecular weight is 561 g/mol. The van der Waals surface area contributed by atoms with Gasteiger partial charge in [0.15, 0.2) is 22.8 Å². The second-order valence-corrected chi connectivity index (χ2v) is 13.2. The van der Waals surface area contributed by atoms with Crippen molar-refractivity contribution in [3.63, 3.8) is 0 Å². The number of carboxylic acid groups (broad SMARTS) is 1. The molecule has 0 aromatic heterocycles. The third-order valence-electron chi connectivity index (χ3n) is 9.37. The maximum atomic E-state index is 14.5. The van der Waals surface area contributed by atoms with Gasteiger partial charge in [0, 0.05) is 35.0 Å². The van der Waals surface area contributed by atoms with Gasteiger partial charge in [-0.3, -0.25) is 9.59 Å². The van der Waals surface area contributed by atoms with E-state index in [2.05, 4.69) is 0 Å². The number of hydrogen-bond acceptors (Lipinski definition) is 7. The van der Waals surface area contributed by atoms with Crippen LogP contribution in [0.1, 0.15) is 82.8 Å². The Morgan fingerprint density at radius 2 is 1.78 bits per heavy atom. The summed E-state index contributed by atoms with van der Waals surface area (Å²) in [4.78, 5) is 40.4. The Bertz CT molecular complexity index is 1560. The van der Waals surface area contributed by atoms with Crippen LogP contribution >= 0.6 is 0 Å². The number of hydrogen-bond donors (Lipinski definition) is 2. The number of carbonyl (C=O) groups excluding carboxylic acids is 2. The summed E-state index contributed by atoms with van der Waals surface area (Å²) >= 11 is 0. The number of carbonyl (C=O) groups is 3. The first-order valence-electron chi connectivity index (χ1n) is 14.1. The molecule has 0 unspecified atom stereocenters. The molecule has 0 radical (unpaired) electrons. The van der Waals surface area contributed by atoms with Crippen LogP contribution in [0.4, 0.5) is 0 Å². The Morgan fingerprint density at radius 1 is 1.07 bits per heavy atom. The number of rotatable bonds is 5. The minimum Gasteiger partial charge on any atom is -0.506 e. The Kier molecular flexibility index (Phi) is 5.67. The number of allylic oxidation sites excluding steroid dienone is 3. The van der Waals surface area contributed by atoms with Gasteiger partial charge in [-0.05, 0) is 73.5 Å². The molecule has 4 atom stereocenters. The van der Waals surface area contributed by atoms with Crippen LogP contribution < -0.4 is 9.47 Å². The van der Waals surface area contributed by atoms with Gasteiger partial charge in [-0.2, -0.15) is 0 Å². The highest BCUT2D eigenvalue weighted by molar-refractivity contribution is 6.19. The third kappa shape index (κ3) is 3.52. The Balaban J connectivity index is 1.66. The van der Waals surface area contributed by atoms with Crippen LogP contribution in [0.25, 0.3) is 6.08 Å². The van der Waals surface area contributed by atoms with Crippen molar-refractivity contribution in [3.05, 3.63) is 57.7 Å². The molecule has 1 saturated carbocycles. The van der Waals surface area contributed by atoms with Crippen molar-refractivity contribution in [3.8, 4) is 17.2 Å². The van der Waals surface area contributed by atoms with Crippen molar-refractivity contribution in [1.29, 1.82) is 0 Å². The molecule has 1 aromatic rings. The van der Waals surface area contributed by atoms with E-state index in [1.54, 1.807) is 12.2 Å². The molecule has 0 amide bonds. The third-order valence-corrected chi connectivity index (χ3v) is 9.37. The number of phenols is 1. The normalized spacial score (nSPS) is 31.4. The summed E-state index contributed by atoms with van der Waals surface area (Å²) in [5.74, 6) is -2.29. The Hall–Kier alpha value is -3.65. The number of aromatic hydroxyl groups is 1. The first-order chi connectivity index (χ1) is 19.1. The van der Waals surface area contributed by atoms with Gasteiger partial charge in [-0.1, -0.05) is 23.8 Å². The zero-order chi connectivity index (χ0) is 29.9. The van der Waals surface area contributed by atoms with Gasteiger partial charge in [-0.15, -0.1) is 0 Å². The first-order valence-corrected chi connectivity index (χ1v) is 14.1. The van der Waals surface area contributed by atoms with Gasteiger partial charge >= 0.3 is 5.97 Å². The van der Waals surface area contributed by atoms with E-state index in [1.165, 1.54) is 13.0 Å². The van der Waals surface area contributed by atoms with Crippen LogP contribution in [0.3, 0.4) is 0 Å². The van der Waals surface area contributed by atoms with Crippen molar-refractivity contribution in [2.75, 3.05) is 0 Å². The zero-order valence-electron chi connectivity index (χ0n) is 24.5. The van der Waals surface area contributed by atoms with E-state index in [9.17, 15) is 24.6 Å². The minimum absolute atomic E-state index is 0.0513. The Labute approximate surface area is 239 Å². The van der Waals surface area contributed by atoms with Gasteiger partial charge in [0.1, 0.15) is 28.4 Å². The monoisotopic (exact) mass is 560 g/mol. The van der Waals surface area contributed by atoms with E-state index in [0.717, 1.165) is 5.57 Å². The predicted octanol–water partition coefficient (Wildman–Crippen LogP) is 5.51. The summed E-state index contributed by atoms with van der Waals surface area (Å²) in [6, 6.07) is 0. The number of ketones is 2. The molecular formula is C33H36O8. The van der Waals surface area contributed by atoms with Crippen molar-refractivity contribution in [2.24, 2.45) is 11.8 Å². The molecule has 41 heavy (non-hydrogen) atoms. The lowest BCUT2D eigenvalue weighted by Gasteiger charge is -2.56. The number of carboxylic acids is 1. The van der Waals surface area contributed by atoms with E-state index in [0.29, 0.717) is 35.3 Å². The lowest BCUT2D eigenvalue weighted by atomic mass is 9.51. The van der Waals surface area contributed by atoms with Crippen LogP contribution in [-0.2, 0) is 20.7 Å².